The second kappa shape index (κ2) is 8.15. The minimum absolute atomic E-state index is 0.274. The van der Waals surface area contributed by atoms with Crippen molar-refractivity contribution in [1.29, 1.82) is 0 Å². The van der Waals surface area contributed by atoms with Crippen LogP contribution in [0.25, 0.3) is 6.08 Å². The lowest BCUT2D eigenvalue weighted by molar-refractivity contribution is -0.150. The summed E-state index contributed by atoms with van der Waals surface area (Å²) in [5, 5.41) is 2.68. The Balaban J connectivity index is 2.51. The minimum Gasteiger partial charge on any atom is -0.449 e. The average Bonchev–Trinajstić information content (AvgIpc) is 2.43. The van der Waals surface area contributed by atoms with Crippen LogP contribution in [0.1, 0.15) is 31.4 Å². The van der Waals surface area contributed by atoms with Gasteiger partial charge in [-0.15, -0.1) is 0 Å². The summed E-state index contributed by atoms with van der Waals surface area (Å²) < 4.78 is 5.03. The second-order valence-electron chi connectivity index (χ2n) is 4.56. The summed E-state index contributed by atoms with van der Waals surface area (Å²) in [5.41, 5.74) is 2.03. The quantitative estimate of drug-likeness (QED) is 0.641. The SMILES string of the molecule is CCCNC(=O)[C@@H](C)OC(=O)/C=C/c1ccccc1C. The first-order valence-corrected chi connectivity index (χ1v) is 6.76. The van der Waals surface area contributed by atoms with Gasteiger partial charge in [0.15, 0.2) is 6.10 Å². The van der Waals surface area contributed by atoms with Crippen LogP contribution in [0.15, 0.2) is 30.3 Å². The fourth-order valence-corrected chi connectivity index (χ4v) is 1.59. The molecule has 0 radical (unpaired) electrons. The number of nitrogens with one attached hydrogen (secondary N) is 1. The van der Waals surface area contributed by atoms with Crippen molar-refractivity contribution in [1.82, 2.24) is 5.32 Å². The third-order valence-corrected chi connectivity index (χ3v) is 2.80. The van der Waals surface area contributed by atoms with Crippen LogP contribution in [0, 0.1) is 6.92 Å². The minimum atomic E-state index is -0.782. The molecule has 4 heteroatoms. The van der Waals surface area contributed by atoms with E-state index in [0.29, 0.717) is 6.54 Å². The van der Waals surface area contributed by atoms with E-state index in [1.807, 2.05) is 38.1 Å². The maximum atomic E-state index is 11.6. The summed E-state index contributed by atoms with van der Waals surface area (Å²) in [7, 11) is 0. The van der Waals surface area contributed by atoms with Gasteiger partial charge in [-0.1, -0.05) is 31.2 Å². The van der Waals surface area contributed by atoms with E-state index < -0.39 is 12.1 Å². The van der Waals surface area contributed by atoms with Crippen molar-refractivity contribution < 1.29 is 14.3 Å². The van der Waals surface area contributed by atoms with Crippen molar-refractivity contribution in [2.45, 2.75) is 33.3 Å². The van der Waals surface area contributed by atoms with Gasteiger partial charge in [0.05, 0.1) is 0 Å². The topological polar surface area (TPSA) is 55.4 Å². The molecule has 0 aliphatic rings. The molecule has 0 aliphatic carbocycles. The Morgan fingerprint density at radius 3 is 2.70 bits per heavy atom. The zero-order valence-corrected chi connectivity index (χ0v) is 12.2. The molecule has 0 fully saturated rings. The first-order valence-electron chi connectivity index (χ1n) is 6.76. The Labute approximate surface area is 119 Å². The monoisotopic (exact) mass is 275 g/mol. The molecule has 0 aromatic heterocycles. The Kier molecular flexibility index (Phi) is 6.50. The third-order valence-electron chi connectivity index (χ3n) is 2.80. The summed E-state index contributed by atoms with van der Waals surface area (Å²) in [6.45, 7) is 6.07. The summed E-state index contributed by atoms with van der Waals surface area (Å²) in [6.07, 6.45) is 3.09. The Morgan fingerprint density at radius 2 is 2.05 bits per heavy atom. The fourth-order valence-electron chi connectivity index (χ4n) is 1.59. The maximum Gasteiger partial charge on any atom is 0.331 e. The molecule has 0 aliphatic heterocycles. The van der Waals surface area contributed by atoms with E-state index in [2.05, 4.69) is 5.32 Å². The lowest BCUT2D eigenvalue weighted by Gasteiger charge is -2.11. The molecular weight excluding hydrogens is 254 g/mol. The van der Waals surface area contributed by atoms with E-state index >= 15 is 0 Å². The molecule has 0 spiro atoms. The van der Waals surface area contributed by atoms with Crippen molar-refractivity contribution in [3.05, 3.63) is 41.5 Å². The van der Waals surface area contributed by atoms with Crippen LogP contribution in [0.4, 0.5) is 0 Å². The van der Waals surface area contributed by atoms with Gasteiger partial charge < -0.3 is 10.1 Å². The number of aryl methyl sites for hydroxylation is 1. The van der Waals surface area contributed by atoms with E-state index in [-0.39, 0.29) is 5.91 Å². The van der Waals surface area contributed by atoms with Crippen molar-refractivity contribution >= 4 is 18.0 Å². The van der Waals surface area contributed by atoms with Crippen LogP contribution in [-0.4, -0.2) is 24.5 Å². The number of esters is 1. The van der Waals surface area contributed by atoms with Crippen molar-refractivity contribution in [3.8, 4) is 0 Å². The molecule has 1 amide bonds. The Hall–Kier alpha value is -2.10. The molecule has 0 bridgehead atoms. The molecule has 108 valence electrons. The van der Waals surface area contributed by atoms with Crippen molar-refractivity contribution in [2.75, 3.05) is 6.54 Å². The van der Waals surface area contributed by atoms with E-state index in [1.54, 1.807) is 13.0 Å². The maximum absolute atomic E-state index is 11.6. The second-order valence-corrected chi connectivity index (χ2v) is 4.56. The molecule has 0 heterocycles. The number of hydrogen-bond donors (Lipinski definition) is 1. The molecule has 0 saturated carbocycles. The summed E-state index contributed by atoms with van der Waals surface area (Å²) >= 11 is 0. The van der Waals surface area contributed by atoms with E-state index in [0.717, 1.165) is 17.5 Å². The molecule has 0 saturated heterocycles. The highest BCUT2D eigenvalue weighted by Gasteiger charge is 2.15. The highest BCUT2D eigenvalue weighted by atomic mass is 16.5. The molecule has 1 N–H and O–H groups in total. The van der Waals surface area contributed by atoms with Gasteiger partial charge in [0.1, 0.15) is 0 Å². The van der Waals surface area contributed by atoms with Gasteiger partial charge in [0.25, 0.3) is 5.91 Å². The first-order chi connectivity index (χ1) is 9.54. The van der Waals surface area contributed by atoms with Gasteiger partial charge in [-0.3, -0.25) is 4.79 Å². The van der Waals surface area contributed by atoms with E-state index in [1.165, 1.54) is 6.08 Å². The molecular formula is C16H21NO3. The number of rotatable bonds is 6. The van der Waals surface area contributed by atoms with Crippen LogP contribution in [0.5, 0.6) is 0 Å². The zero-order chi connectivity index (χ0) is 15.0. The molecule has 4 nitrogen and oxygen atoms in total. The predicted octanol–water partition coefficient (Wildman–Crippen LogP) is 2.47. The van der Waals surface area contributed by atoms with E-state index in [9.17, 15) is 9.59 Å². The molecule has 1 rings (SSSR count). The molecule has 0 unspecified atom stereocenters. The number of carbonyl (C=O) groups is 2. The standard InChI is InChI=1S/C16H21NO3/c1-4-11-17-16(19)13(3)20-15(18)10-9-14-8-6-5-7-12(14)2/h5-10,13H,4,11H2,1-3H3,(H,17,19)/b10-9+/t13-/m1/s1. The lowest BCUT2D eigenvalue weighted by atomic mass is 10.1. The molecule has 20 heavy (non-hydrogen) atoms. The lowest BCUT2D eigenvalue weighted by Crippen LogP contribution is -2.35. The first kappa shape index (κ1) is 16.0. The zero-order valence-electron chi connectivity index (χ0n) is 12.2. The van der Waals surface area contributed by atoms with Gasteiger partial charge >= 0.3 is 5.97 Å². The van der Waals surface area contributed by atoms with Gasteiger partial charge in [0.2, 0.25) is 0 Å². The van der Waals surface area contributed by atoms with Gasteiger partial charge in [0, 0.05) is 12.6 Å². The smallest absolute Gasteiger partial charge is 0.331 e. The highest BCUT2D eigenvalue weighted by Crippen LogP contribution is 2.09. The third kappa shape index (κ3) is 5.26. The van der Waals surface area contributed by atoms with Crippen molar-refractivity contribution in [3.63, 3.8) is 0 Å². The predicted molar refractivity (Wildman–Crippen MR) is 79.1 cm³/mol. The number of amides is 1. The van der Waals surface area contributed by atoms with Crippen molar-refractivity contribution in [2.24, 2.45) is 0 Å². The number of ether oxygens (including phenoxy) is 1. The molecule has 1 aromatic rings. The van der Waals surface area contributed by atoms with Crippen LogP contribution in [0.3, 0.4) is 0 Å². The van der Waals surface area contributed by atoms with Gasteiger partial charge in [-0.2, -0.15) is 0 Å². The van der Waals surface area contributed by atoms with Crippen LogP contribution < -0.4 is 5.32 Å². The van der Waals surface area contributed by atoms with Crippen LogP contribution in [0.2, 0.25) is 0 Å². The average molecular weight is 275 g/mol. The van der Waals surface area contributed by atoms with Crippen LogP contribution in [-0.2, 0) is 14.3 Å². The normalized spacial score (nSPS) is 12.2. The van der Waals surface area contributed by atoms with Crippen LogP contribution >= 0.6 is 0 Å². The highest BCUT2D eigenvalue weighted by molar-refractivity contribution is 5.90. The summed E-state index contributed by atoms with van der Waals surface area (Å²) in [4.78, 5) is 23.2. The summed E-state index contributed by atoms with van der Waals surface area (Å²) in [5.74, 6) is -0.795. The van der Waals surface area contributed by atoms with Gasteiger partial charge in [-0.25, -0.2) is 4.79 Å². The Bertz CT molecular complexity index is 494. The summed E-state index contributed by atoms with van der Waals surface area (Å²) in [6, 6.07) is 7.71. The van der Waals surface area contributed by atoms with E-state index in [4.69, 9.17) is 4.74 Å². The van der Waals surface area contributed by atoms with Gasteiger partial charge in [-0.05, 0) is 37.5 Å². The fraction of sp³-hybridized carbons (Fsp3) is 0.375. The Morgan fingerprint density at radius 1 is 1.35 bits per heavy atom. The number of hydrogen-bond acceptors (Lipinski definition) is 3. The number of benzene rings is 1. The largest absolute Gasteiger partial charge is 0.449 e. The molecule has 1 atom stereocenters. The molecule has 1 aromatic carbocycles. The number of carbonyl (C=O) groups excluding carboxylic acids is 2.